The van der Waals surface area contributed by atoms with Gasteiger partial charge in [-0.2, -0.15) is 0 Å². The molecule has 0 N–H and O–H groups in total. The number of carbonyl (C=O) groups is 1. The molecule has 0 amide bonds. The number of morpholine rings is 1. The van der Waals surface area contributed by atoms with Crippen molar-refractivity contribution in [2.45, 2.75) is 6.42 Å². The molecule has 1 aliphatic heterocycles. The molecule has 1 heterocycles. The van der Waals surface area contributed by atoms with Gasteiger partial charge in [-0.15, -0.1) is 0 Å². The maximum atomic E-state index is 14.4. The summed E-state index contributed by atoms with van der Waals surface area (Å²) < 4.78 is 19.8. The first-order valence-corrected chi connectivity index (χ1v) is 8.83. The van der Waals surface area contributed by atoms with Crippen molar-refractivity contribution in [1.82, 2.24) is 0 Å². The normalized spacial score (nSPS) is 14.6. The second kappa shape index (κ2) is 7.26. The van der Waals surface area contributed by atoms with Crippen molar-refractivity contribution < 1.29 is 13.9 Å². The van der Waals surface area contributed by atoms with Crippen LogP contribution in [0, 0.1) is 5.82 Å². The highest BCUT2D eigenvalue weighted by Crippen LogP contribution is 2.33. The van der Waals surface area contributed by atoms with E-state index in [9.17, 15) is 9.18 Å². The molecule has 0 unspecified atom stereocenters. The van der Waals surface area contributed by atoms with E-state index < -0.39 is 0 Å². The Hall–Kier alpha value is -2.72. The van der Waals surface area contributed by atoms with E-state index in [-0.39, 0.29) is 5.82 Å². The van der Waals surface area contributed by atoms with Gasteiger partial charge in [0.15, 0.2) is 0 Å². The standard InChI is InChI=1S/C22H20FNO2/c23-19-13-18(14-20(15-19)24-6-9-26-10-7-24)22-12-16(5-8-25)11-17-3-1-2-4-21(17)22/h1-4,8,11-15H,5-7,9-10H2. The molecular formula is C22H20FNO2. The summed E-state index contributed by atoms with van der Waals surface area (Å²) in [6.45, 7) is 2.83. The first-order valence-electron chi connectivity index (χ1n) is 8.83. The van der Waals surface area contributed by atoms with E-state index in [1.165, 1.54) is 0 Å². The molecule has 0 aliphatic carbocycles. The van der Waals surface area contributed by atoms with Crippen LogP contribution in [0.5, 0.6) is 0 Å². The Bertz CT molecular complexity index is 948. The topological polar surface area (TPSA) is 29.5 Å². The van der Waals surface area contributed by atoms with Crippen LogP contribution >= 0.6 is 0 Å². The van der Waals surface area contributed by atoms with Crippen molar-refractivity contribution in [3.05, 3.63) is 66.0 Å². The van der Waals surface area contributed by atoms with Crippen molar-refractivity contribution in [3.8, 4) is 11.1 Å². The van der Waals surface area contributed by atoms with E-state index in [0.29, 0.717) is 19.6 Å². The van der Waals surface area contributed by atoms with Gasteiger partial charge in [0, 0.05) is 25.2 Å². The molecule has 0 spiro atoms. The lowest BCUT2D eigenvalue weighted by molar-refractivity contribution is -0.107. The average molecular weight is 349 g/mol. The fourth-order valence-electron chi connectivity index (χ4n) is 3.56. The lowest BCUT2D eigenvalue weighted by Gasteiger charge is -2.29. The number of anilines is 1. The number of ether oxygens (including phenoxy) is 1. The molecule has 0 saturated carbocycles. The summed E-state index contributed by atoms with van der Waals surface area (Å²) in [5, 5.41) is 2.11. The van der Waals surface area contributed by atoms with Gasteiger partial charge in [0.05, 0.1) is 13.2 Å². The van der Waals surface area contributed by atoms with E-state index in [4.69, 9.17) is 4.74 Å². The average Bonchev–Trinajstić information content (AvgIpc) is 2.68. The van der Waals surface area contributed by atoms with Crippen molar-refractivity contribution in [2.24, 2.45) is 0 Å². The first-order chi connectivity index (χ1) is 12.7. The van der Waals surface area contributed by atoms with Crippen LogP contribution in [0.25, 0.3) is 21.9 Å². The van der Waals surface area contributed by atoms with Crippen molar-refractivity contribution in [2.75, 3.05) is 31.2 Å². The molecule has 4 rings (SSSR count). The molecule has 132 valence electrons. The minimum Gasteiger partial charge on any atom is -0.378 e. The van der Waals surface area contributed by atoms with Crippen molar-refractivity contribution in [3.63, 3.8) is 0 Å². The van der Waals surface area contributed by atoms with Gasteiger partial charge in [-0.1, -0.05) is 36.4 Å². The number of aldehydes is 1. The maximum Gasteiger partial charge on any atom is 0.125 e. The molecule has 3 nitrogen and oxygen atoms in total. The SMILES string of the molecule is O=CCc1cc(-c2cc(F)cc(N3CCOCC3)c2)c2ccccc2c1. The fourth-order valence-corrected chi connectivity index (χ4v) is 3.56. The zero-order valence-corrected chi connectivity index (χ0v) is 14.5. The van der Waals surface area contributed by atoms with Crippen molar-refractivity contribution in [1.29, 1.82) is 0 Å². The Morgan fingerprint density at radius 1 is 1.04 bits per heavy atom. The highest BCUT2D eigenvalue weighted by molar-refractivity contribution is 5.98. The molecular weight excluding hydrogens is 329 g/mol. The Kier molecular flexibility index (Phi) is 4.67. The van der Waals surface area contributed by atoms with Gasteiger partial charge >= 0.3 is 0 Å². The minimum atomic E-state index is -0.256. The number of benzene rings is 3. The van der Waals surface area contributed by atoms with Crippen LogP contribution in [0.15, 0.2) is 54.6 Å². The molecule has 26 heavy (non-hydrogen) atoms. The number of halogens is 1. The molecule has 0 radical (unpaired) electrons. The third-order valence-electron chi connectivity index (χ3n) is 4.81. The number of rotatable bonds is 4. The zero-order valence-electron chi connectivity index (χ0n) is 14.5. The lowest BCUT2D eigenvalue weighted by Crippen LogP contribution is -2.36. The summed E-state index contributed by atoms with van der Waals surface area (Å²) in [6, 6.07) is 17.2. The zero-order chi connectivity index (χ0) is 17.9. The van der Waals surface area contributed by atoms with Crippen molar-refractivity contribution >= 4 is 22.7 Å². The minimum absolute atomic E-state index is 0.256. The highest BCUT2D eigenvalue weighted by atomic mass is 19.1. The van der Waals surface area contributed by atoms with Crippen LogP contribution < -0.4 is 4.90 Å². The summed E-state index contributed by atoms with van der Waals surface area (Å²) in [4.78, 5) is 13.1. The van der Waals surface area contributed by atoms with Gasteiger partial charge in [0.25, 0.3) is 0 Å². The molecule has 1 saturated heterocycles. The van der Waals surface area contributed by atoms with Crippen LogP contribution in [0.1, 0.15) is 5.56 Å². The fraction of sp³-hybridized carbons (Fsp3) is 0.227. The number of hydrogen-bond acceptors (Lipinski definition) is 3. The first kappa shape index (κ1) is 16.7. The smallest absolute Gasteiger partial charge is 0.125 e. The third-order valence-corrected chi connectivity index (χ3v) is 4.81. The summed E-state index contributed by atoms with van der Waals surface area (Å²) in [5.41, 5.74) is 3.59. The second-order valence-electron chi connectivity index (χ2n) is 6.53. The molecule has 1 aliphatic rings. The van der Waals surface area contributed by atoms with E-state index >= 15 is 0 Å². The van der Waals surface area contributed by atoms with Gasteiger partial charge in [0.2, 0.25) is 0 Å². The molecule has 0 atom stereocenters. The summed E-state index contributed by atoms with van der Waals surface area (Å²) >= 11 is 0. The number of nitrogens with zero attached hydrogens (tertiary/aromatic N) is 1. The molecule has 0 aromatic heterocycles. The maximum absolute atomic E-state index is 14.4. The summed E-state index contributed by atoms with van der Waals surface area (Å²) in [5.74, 6) is -0.256. The Labute approximate surface area is 152 Å². The molecule has 3 aromatic carbocycles. The van der Waals surface area contributed by atoms with E-state index in [1.807, 2.05) is 42.5 Å². The number of carbonyl (C=O) groups excluding carboxylic acids is 1. The van der Waals surface area contributed by atoms with E-state index in [2.05, 4.69) is 4.90 Å². The Morgan fingerprint density at radius 2 is 1.85 bits per heavy atom. The third kappa shape index (κ3) is 3.33. The van der Waals surface area contributed by atoms with Gasteiger partial charge in [0.1, 0.15) is 12.1 Å². The molecule has 4 heteroatoms. The monoisotopic (exact) mass is 349 g/mol. The largest absolute Gasteiger partial charge is 0.378 e. The van der Waals surface area contributed by atoms with Crippen LogP contribution in [-0.4, -0.2) is 32.6 Å². The summed E-state index contributed by atoms with van der Waals surface area (Å²) in [7, 11) is 0. The quantitative estimate of drug-likeness (QED) is 0.661. The molecule has 0 bridgehead atoms. The highest BCUT2D eigenvalue weighted by Gasteiger charge is 2.15. The lowest BCUT2D eigenvalue weighted by atomic mass is 9.94. The van der Waals surface area contributed by atoms with Crippen LogP contribution in [0.3, 0.4) is 0 Å². The van der Waals surface area contributed by atoms with Gasteiger partial charge in [-0.3, -0.25) is 0 Å². The summed E-state index contributed by atoms with van der Waals surface area (Å²) in [6.07, 6.45) is 1.25. The molecule has 1 fully saturated rings. The Balaban J connectivity index is 1.86. The van der Waals surface area contributed by atoms with Crippen LogP contribution in [-0.2, 0) is 16.0 Å². The van der Waals surface area contributed by atoms with Gasteiger partial charge < -0.3 is 14.4 Å². The Morgan fingerprint density at radius 3 is 2.65 bits per heavy atom. The van der Waals surface area contributed by atoms with Gasteiger partial charge in [-0.05, 0) is 45.7 Å². The predicted molar refractivity (Wildman–Crippen MR) is 102 cm³/mol. The van der Waals surface area contributed by atoms with Crippen LogP contribution in [0.2, 0.25) is 0 Å². The van der Waals surface area contributed by atoms with Gasteiger partial charge in [-0.25, -0.2) is 4.39 Å². The second-order valence-corrected chi connectivity index (χ2v) is 6.53. The molecule has 3 aromatic rings. The van der Waals surface area contributed by atoms with Crippen LogP contribution in [0.4, 0.5) is 10.1 Å². The predicted octanol–water partition coefficient (Wildman–Crippen LogP) is 4.22. The number of hydrogen-bond donors (Lipinski definition) is 0. The van der Waals surface area contributed by atoms with E-state index in [1.54, 1.807) is 12.1 Å². The van der Waals surface area contributed by atoms with E-state index in [0.717, 1.165) is 52.5 Å². The number of fused-ring (bicyclic) bond motifs is 1.